The van der Waals surface area contributed by atoms with Crippen LogP contribution in [0.5, 0.6) is 23.0 Å². The smallest absolute Gasteiger partial charge is 0.270 e. The first-order valence-corrected chi connectivity index (χ1v) is 8.84. The lowest BCUT2D eigenvalue weighted by Gasteiger charge is -2.14. The van der Waals surface area contributed by atoms with E-state index in [2.05, 4.69) is 0 Å². The van der Waals surface area contributed by atoms with Crippen LogP contribution in [-0.4, -0.2) is 29.2 Å². The molecule has 0 aliphatic carbocycles. The number of thioether (sulfide) groups is 1. The minimum atomic E-state index is -0.217. The lowest BCUT2D eigenvalue weighted by Crippen LogP contribution is -2.27. The van der Waals surface area contributed by atoms with Gasteiger partial charge in [-0.2, -0.15) is 0 Å². The SMILES string of the molecule is COc1cc(/C=C2/SC(=S)N(c3ccc4c(c3)OCO4)C2=O)ccc1O. The second-order valence-electron chi connectivity index (χ2n) is 5.49. The maximum atomic E-state index is 12.8. The molecule has 4 rings (SSSR count). The summed E-state index contributed by atoms with van der Waals surface area (Å²) >= 11 is 6.60. The number of fused-ring (bicyclic) bond motifs is 1. The number of benzene rings is 2. The molecule has 1 N–H and O–H groups in total. The molecule has 2 aliphatic rings. The molecule has 2 heterocycles. The number of nitrogens with zero attached hydrogens (tertiary/aromatic N) is 1. The van der Waals surface area contributed by atoms with Gasteiger partial charge in [-0.3, -0.25) is 9.69 Å². The zero-order valence-electron chi connectivity index (χ0n) is 13.6. The van der Waals surface area contributed by atoms with E-state index in [9.17, 15) is 9.90 Å². The maximum Gasteiger partial charge on any atom is 0.270 e. The van der Waals surface area contributed by atoms with Crippen molar-refractivity contribution in [3.05, 3.63) is 46.9 Å². The highest BCUT2D eigenvalue weighted by molar-refractivity contribution is 8.27. The number of ether oxygens (including phenoxy) is 3. The molecular formula is C18H13NO5S2. The zero-order chi connectivity index (χ0) is 18.3. The van der Waals surface area contributed by atoms with Crippen molar-refractivity contribution >= 4 is 46.0 Å². The van der Waals surface area contributed by atoms with Crippen LogP contribution in [0.2, 0.25) is 0 Å². The Bertz CT molecular complexity index is 957. The van der Waals surface area contributed by atoms with Gasteiger partial charge >= 0.3 is 0 Å². The number of hydrogen-bond acceptors (Lipinski definition) is 7. The fourth-order valence-electron chi connectivity index (χ4n) is 2.65. The minimum absolute atomic E-state index is 0.0394. The standard InChI is InChI=1S/C18H13NO5S2/c1-22-14-6-10(2-4-12(14)20)7-16-17(21)19(18(25)26-16)11-3-5-13-15(8-11)24-9-23-13/h2-8,20H,9H2,1H3/b16-7+. The Morgan fingerprint density at radius 1 is 1.23 bits per heavy atom. The molecule has 26 heavy (non-hydrogen) atoms. The molecule has 0 aromatic heterocycles. The van der Waals surface area contributed by atoms with Gasteiger partial charge in [0.1, 0.15) is 0 Å². The number of hydrogen-bond donors (Lipinski definition) is 1. The number of aromatic hydroxyl groups is 1. The molecule has 1 fully saturated rings. The summed E-state index contributed by atoms with van der Waals surface area (Å²) < 4.78 is 16.2. The van der Waals surface area contributed by atoms with Crippen molar-refractivity contribution in [2.45, 2.75) is 0 Å². The Hall–Kier alpha value is -2.71. The van der Waals surface area contributed by atoms with Crippen molar-refractivity contribution in [2.24, 2.45) is 0 Å². The van der Waals surface area contributed by atoms with Crippen molar-refractivity contribution < 1.29 is 24.1 Å². The number of methoxy groups -OCH3 is 1. The molecular weight excluding hydrogens is 374 g/mol. The minimum Gasteiger partial charge on any atom is -0.504 e. The number of carbonyl (C=O) groups excluding carboxylic acids is 1. The average Bonchev–Trinajstić information content (AvgIpc) is 3.20. The molecule has 1 saturated heterocycles. The Morgan fingerprint density at radius 3 is 2.85 bits per heavy atom. The van der Waals surface area contributed by atoms with Gasteiger partial charge in [0, 0.05) is 6.07 Å². The lowest BCUT2D eigenvalue weighted by atomic mass is 10.2. The van der Waals surface area contributed by atoms with Crippen molar-refractivity contribution in [3.63, 3.8) is 0 Å². The maximum absolute atomic E-state index is 12.8. The highest BCUT2D eigenvalue weighted by Crippen LogP contribution is 2.41. The van der Waals surface area contributed by atoms with Crippen LogP contribution >= 0.6 is 24.0 Å². The van der Waals surface area contributed by atoms with Crippen LogP contribution in [0.3, 0.4) is 0 Å². The highest BCUT2D eigenvalue weighted by Gasteiger charge is 2.34. The van der Waals surface area contributed by atoms with E-state index in [1.54, 1.807) is 36.4 Å². The third kappa shape index (κ3) is 2.87. The van der Waals surface area contributed by atoms with E-state index in [0.717, 1.165) is 5.56 Å². The number of rotatable bonds is 3. The van der Waals surface area contributed by atoms with E-state index in [-0.39, 0.29) is 18.4 Å². The number of amides is 1. The largest absolute Gasteiger partial charge is 0.504 e. The summed E-state index contributed by atoms with van der Waals surface area (Å²) in [7, 11) is 1.47. The van der Waals surface area contributed by atoms with Gasteiger partial charge in [-0.15, -0.1) is 0 Å². The molecule has 132 valence electrons. The van der Waals surface area contributed by atoms with Gasteiger partial charge in [0.2, 0.25) is 6.79 Å². The summed E-state index contributed by atoms with van der Waals surface area (Å²) in [5.74, 6) is 1.39. The summed E-state index contributed by atoms with van der Waals surface area (Å²) in [6.07, 6.45) is 1.72. The van der Waals surface area contributed by atoms with Crippen LogP contribution in [0, 0.1) is 0 Å². The van der Waals surface area contributed by atoms with Crippen molar-refractivity contribution in [1.82, 2.24) is 0 Å². The molecule has 6 nitrogen and oxygen atoms in total. The summed E-state index contributed by atoms with van der Waals surface area (Å²) in [5, 5.41) is 9.69. The predicted octanol–water partition coefficient (Wildman–Crippen LogP) is 3.54. The first-order valence-electron chi connectivity index (χ1n) is 7.61. The van der Waals surface area contributed by atoms with Crippen LogP contribution < -0.4 is 19.1 Å². The number of phenols is 1. The summed E-state index contributed by atoms with van der Waals surface area (Å²) in [4.78, 5) is 14.8. The van der Waals surface area contributed by atoms with Gasteiger partial charge in [0.15, 0.2) is 27.3 Å². The third-order valence-corrected chi connectivity index (χ3v) is 5.21. The van der Waals surface area contributed by atoms with Gasteiger partial charge in [-0.1, -0.05) is 30.0 Å². The quantitative estimate of drug-likeness (QED) is 0.638. The van der Waals surface area contributed by atoms with E-state index in [1.807, 2.05) is 0 Å². The average molecular weight is 387 g/mol. The van der Waals surface area contributed by atoms with E-state index in [1.165, 1.54) is 29.8 Å². The van der Waals surface area contributed by atoms with Crippen LogP contribution in [0.25, 0.3) is 6.08 Å². The van der Waals surface area contributed by atoms with Crippen molar-refractivity contribution in [3.8, 4) is 23.0 Å². The Balaban J connectivity index is 1.65. The van der Waals surface area contributed by atoms with Gasteiger partial charge in [0.25, 0.3) is 5.91 Å². The normalized spacial score (nSPS) is 17.3. The number of thiocarbonyl (C=S) groups is 1. The molecule has 0 atom stereocenters. The zero-order valence-corrected chi connectivity index (χ0v) is 15.2. The van der Waals surface area contributed by atoms with Crippen molar-refractivity contribution in [1.29, 1.82) is 0 Å². The fraction of sp³-hybridized carbons (Fsp3) is 0.111. The van der Waals surface area contributed by atoms with Gasteiger partial charge in [-0.05, 0) is 35.9 Å². The Morgan fingerprint density at radius 2 is 2.04 bits per heavy atom. The van der Waals surface area contributed by atoms with E-state index < -0.39 is 0 Å². The molecule has 1 amide bonds. The van der Waals surface area contributed by atoms with Gasteiger partial charge in [0.05, 0.1) is 17.7 Å². The first-order chi connectivity index (χ1) is 12.6. The molecule has 2 aromatic carbocycles. The Labute approximate surface area is 159 Å². The van der Waals surface area contributed by atoms with E-state index in [0.29, 0.717) is 32.2 Å². The molecule has 2 aliphatic heterocycles. The molecule has 0 bridgehead atoms. The second kappa shape index (κ2) is 6.54. The Kier molecular flexibility index (Phi) is 4.21. The number of carbonyl (C=O) groups is 1. The van der Waals surface area contributed by atoms with Crippen LogP contribution in [0.4, 0.5) is 5.69 Å². The van der Waals surface area contributed by atoms with Crippen LogP contribution in [0.1, 0.15) is 5.56 Å². The molecule has 0 unspecified atom stereocenters. The molecule has 0 spiro atoms. The van der Waals surface area contributed by atoms with Crippen LogP contribution in [-0.2, 0) is 4.79 Å². The van der Waals surface area contributed by atoms with Crippen LogP contribution in [0.15, 0.2) is 41.3 Å². The third-order valence-electron chi connectivity index (χ3n) is 3.91. The monoisotopic (exact) mass is 387 g/mol. The summed E-state index contributed by atoms with van der Waals surface area (Å²) in [5.41, 5.74) is 1.36. The van der Waals surface area contributed by atoms with E-state index >= 15 is 0 Å². The lowest BCUT2D eigenvalue weighted by molar-refractivity contribution is -0.113. The topological polar surface area (TPSA) is 68.2 Å². The molecule has 0 radical (unpaired) electrons. The van der Waals surface area contributed by atoms with Gasteiger partial charge in [-0.25, -0.2) is 0 Å². The highest BCUT2D eigenvalue weighted by atomic mass is 32.2. The second-order valence-corrected chi connectivity index (χ2v) is 7.16. The summed E-state index contributed by atoms with van der Waals surface area (Å²) in [6, 6.07) is 10.1. The van der Waals surface area contributed by atoms with Crippen molar-refractivity contribution in [2.75, 3.05) is 18.8 Å². The van der Waals surface area contributed by atoms with Gasteiger partial charge < -0.3 is 19.3 Å². The molecule has 0 saturated carbocycles. The summed E-state index contributed by atoms with van der Waals surface area (Å²) in [6.45, 7) is 0.166. The fourth-order valence-corrected chi connectivity index (χ4v) is 3.95. The molecule has 8 heteroatoms. The molecule has 2 aromatic rings. The van der Waals surface area contributed by atoms with E-state index in [4.69, 9.17) is 26.4 Å². The predicted molar refractivity (Wildman–Crippen MR) is 103 cm³/mol. The first kappa shape index (κ1) is 16.7. The number of anilines is 1. The number of phenolic OH excluding ortho intramolecular Hbond substituents is 1.